The van der Waals surface area contributed by atoms with E-state index in [0.29, 0.717) is 6.04 Å². The van der Waals surface area contributed by atoms with Gasteiger partial charge in [-0.1, -0.05) is 42.5 Å². The molecule has 0 amide bonds. The van der Waals surface area contributed by atoms with Gasteiger partial charge < -0.3 is 15.2 Å². The fraction of sp³-hybridized carbons (Fsp3) is 0.400. The van der Waals surface area contributed by atoms with Crippen molar-refractivity contribution in [1.82, 2.24) is 5.32 Å². The Kier molecular flexibility index (Phi) is 5.31. The van der Waals surface area contributed by atoms with E-state index in [1.54, 1.807) is 7.11 Å². The number of benzene rings is 2. The lowest BCUT2D eigenvalue weighted by molar-refractivity contribution is 0.135. The van der Waals surface area contributed by atoms with Crippen molar-refractivity contribution in [2.75, 3.05) is 7.11 Å². The van der Waals surface area contributed by atoms with Crippen LogP contribution in [0, 0.1) is 0 Å². The van der Waals surface area contributed by atoms with Gasteiger partial charge in [0.2, 0.25) is 0 Å². The molecule has 0 saturated carbocycles. The smallest absolute Gasteiger partial charge is 0.118 e. The molecule has 0 radical (unpaired) electrons. The van der Waals surface area contributed by atoms with Crippen LogP contribution >= 0.6 is 0 Å². The summed E-state index contributed by atoms with van der Waals surface area (Å²) in [4.78, 5) is 0. The number of aliphatic hydroxyl groups excluding tert-OH is 1. The van der Waals surface area contributed by atoms with Gasteiger partial charge in [0.1, 0.15) is 5.75 Å². The maximum absolute atomic E-state index is 10.5. The third-order valence-corrected chi connectivity index (χ3v) is 4.74. The van der Waals surface area contributed by atoms with Crippen molar-refractivity contribution in [2.24, 2.45) is 0 Å². The van der Waals surface area contributed by atoms with Crippen LogP contribution in [0.4, 0.5) is 0 Å². The molecular formula is C20H25NO2. The Balaban J connectivity index is 1.49. The second kappa shape index (κ2) is 7.62. The lowest BCUT2D eigenvalue weighted by Crippen LogP contribution is -2.34. The number of ether oxygens (including phenoxy) is 1. The van der Waals surface area contributed by atoms with E-state index in [1.165, 1.54) is 5.56 Å². The van der Waals surface area contributed by atoms with E-state index in [9.17, 15) is 5.11 Å². The van der Waals surface area contributed by atoms with Crippen molar-refractivity contribution in [3.63, 3.8) is 0 Å². The van der Waals surface area contributed by atoms with Gasteiger partial charge in [-0.15, -0.1) is 0 Å². The number of nitrogens with one attached hydrogen (secondary N) is 1. The summed E-state index contributed by atoms with van der Waals surface area (Å²) in [5.74, 6) is 0.902. The third kappa shape index (κ3) is 4.12. The number of methoxy groups -OCH3 is 1. The van der Waals surface area contributed by atoms with Crippen LogP contribution in [0.1, 0.15) is 36.5 Å². The van der Waals surface area contributed by atoms with Crippen LogP contribution in [0.25, 0.3) is 0 Å². The number of aliphatic hydroxyl groups is 1. The summed E-state index contributed by atoms with van der Waals surface area (Å²) in [6, 6.07) is 18.9. The maximum atomic E-state index is 10.5. The second-order valence-electron chi connectivity index (χ2n) is 6.29. The summed E-state index contributed by atoms with van der Waals surface area (Å²) in [6.45, 7) is 0. The average molecular weight is 311 g/mol. The normalized spacial score (nSPS) is 22.0. The molecule has 3 rings (SSSR count). The molecule has 1 fully saturated rings. The number of aryl methyl sites for hydroxylation is 1. The predicted octanol–water partition coefficient (Wildman–Crippen LogP) is 3.48. The first-order valence-electron chi connectivity index (χ1n) is 8.38. The standard InChI is InChI=1S/C20H25NO2/c1-23-18-12-8-15(9-13-18)7-10-17-11-14-19(21-17)20(22)16-5-3-2-4-6-16/h2-6,8-9,12-13,17,19-22H,7,10-11,14H2,1H3/t17-,19-,20?/m1/s1. The van der Waals surface area contributed by atoms with Gasteiger partial charge in [-0.3, -0.25) is 0 Å². The van der Waals surface area contributed by atoms with Crippen molar-refractivity contribution in [1.29, 1.82) is 0 Å². The van der Waals surface area contributed by atoms with Gasteiger partial charge in [-0.05, 0) is 48.9 Å². The predicted molar refractivity (Wildman–Crippen MR) is 92.7 cm³/mol. The summed E-state index contributed by atoms with van der Waals surface area (Å²) in [5.41, 5.74) is 2.33. The molecule has 23 heavy (non-hydrogen) atoms. The molecule has 3 atom stereocenters. The first-order valence-corrected chi connectivity index (χ1v) is 8.38. The van der Waals surface area contributed by atoms with Gasteiger partial charge in [0.15, 0.2) is 0 Å². The van der Waals surface area contributed by atoms with E-state index in [2.05, 4.69) is 17.4 Å². The molecule has 1 aliphatic rings. The first kappa shape index (κ1) is 16.0. The number of rotatable bonds is 6. The highest BCUT2D eigenvalue weighted by atomic mass is 16.5. The molecule has 2 aromatic carbocycles. The largest absolute Gasteiger partial charge is 0.497 e. The molecule has 1 aliphatic heterocycles. The molecule has 1 heterocycles. The zero-order chi connectivity index (χ0) is 16.1. The Bertz CT molecular complexity index is 597. The Hall–Kier alpha value is -1.84. The Labute approximate surface area is 138 Å². The van der Waals surface area contributed by atoms with Crippen LogP contribution in [0.3, 0.4) is 0 Å². The summed E-state index contributed by atoms with van der Waals surface area (Å²) in [7, 11) is 1.69. The van der Waals surface area contributed by atoms with Crippen molar-refractivity contribution in [3.8, 4) is 5.75 Å². The van der Waals surface area contributed by atoms with Crippen LogP contribution in [0.2, 0.25) is 0 Å². The second-order valence-corrected chi connectivity index (χ2v) is 6.29. The highest BCUT2D eigenvalue weighted by Gasteiger charge is 2.29. The van der Waals surface area contributed by atoms with Crippen molar-refractivity contribution in [3.05, 3.63) is 65.7 Å². The van der Waals surface area contributed by atoms with Crippen molar-refractivity contribution >= 4 is 0 Å². The Morgan fingerprint density at radius 3 is 2.52 bits per heavy atom. The molecular weight excluding hydrogens is 286 g/mol. The summed E-state index contributed by atoms with van der Waals surface area (Å²) in [5, 5.41) is 14.1. The lowest BCUT2D eigenvalue weighted by atomic mass is 10.0. The number of hydrogen-bond donors (Lipinski definition) is 2. The molecule has 0 spiro atoms. The fourth-order valence-corrected chi connectivity index (χ4v) is 3.34. The Morgan fingerprint density at radius 2 is 1.83 bits per heavy atom. The van der Waals surface area contributed by atoms with Gasteiger partial charge in [-0.25, -0.2) is 0 Å². The maximum Gasteiger partial charge on any atom is 0.118 e. The molecule has 2 N–H and O–H groups in total. The minimum atomic E-state index is -0.415. The van der Waals surface area contributed by atoms with Crippen LogP contribution in [0.5, 0.6) is 5.75 Å². The zero-order valence-electron chi connectivity index (χ0n) is 13.6. The fourth-order valence-electron chi connectivity index (χ4n) is 3.34. The third-order valence-electron chi connectivity index (χ3n) is 4.74. The summed E-state index contributed by atoms with van der Waals surface area (Å²) < 4.78 is 5.19. The molecule has 2 aromatic rings. The van der Waals surface area contributed by atoms with Gasteiger partial charge in [-0.2, -0.15) is 0 Å². The van der Waals surface area contributed by atoms with E-state index in [-0.39, 0.29) is 6.04 Å². The molecule has 0 bridgehead atoms. The molecule has 122 valence electrons. The summed E-state index contributed by atoms with van der Waals surface area (Å²) in [6.07, 6.45) is 3.90. The summed E-state index contributed by atoms with van der Waals surface area (Å²) >= 11 is 0. The monoisotopic (exact) mass is 311 g/mol. The molecule has 0 aliphatic carbocycles. The quantitative estimate of drug-likeness (QED) is 0.858. The van der Waals surface area contributed by atoms with Crippen LogP contribution < -0.4 is 10.1 Å². The lowest BCUT2D eigenvalue weighted by Gasteiger charge is -2.20. The van der Waals surface area contributed by atoms with E-state index in [4.69, 9.17) is 4.74 Å². The average Bonchev–Trinajstić information content (AvgIpc) is 3.09. The van der Waals surface area contributed by atoms with Gasteiger partial charge in [0, 0.05) is 12.1 Å². The van der Waals surface area contributed by atoms with Crippen LogP contribution in [0.15, 0.2) is 54.6 Å². The molecule has 1 unspecified atom stereocenters. The highest BCUT2D eigenvalue weighted by molar-refractivity contribution is 5.27. The number of hydrogen-bond acceptors (Lipinski definition) is 3. The van der Waals surface area contributed by atoms with E-state index < -0.39 is 6.10 Å². The molecule has 0 aromatic heterocycles. The van der Waals surface area contributed by atoms with Gasteiger partial charge in [0.05, 0.1) is 13.2 Å². The van der Waals surface area contributed by atoms with Crippen LogP contribution in [-0.2, 0) is 6.42 Å². The van der Waals surface area contributed by atoms with Crippen molar-refractivity contribution in [2.45, 2.75) is 43.9 Å². The Morgan fingerprint density at radius 1 is 1.09 bits per heavy atom. The molecule has 3 nitrogen and oxygen atoms in total. The minimum Gasteiger partial charge on any atom is -0.497 e. The van der Waals surface area contributed by atoms with Crippen LogP contribution in [-0.4, -0.2) is 24.3 Å². The SMILES string of the molecule is COc1ccc(CC[C@@H]2CC[C@H](C(O)c3ccccc3)N2)cc1. The van der Waals surface area contributed by atoms with E-state index >= 15 is 0 Å². The highest BCUT2D eigenvalue weighted by Crippen LogP contribution is 2.27. The molecule has 1 saturated heterocycles. The van der Waals surface area contributed by atoms with Gasteiger partial charge in [0.25, 0.3) is 0 Å². The van der Waals surface area contributed by atoms with E-state index in [0.717, 1.165) is 37.0 Å². The first-order chi connectivity index (χ1) is 11.3. The molecule has 3 heteroatoms. The minimum absolute atomic E-state index is 0.165. The van der Waals surface area contributed by atoms with Gasteiger partial charge >= 0.3 is 0 Å². The topological polar surface area (TPSA) is 41.5 Å². The van der Waals surface area contributed by atoms with Crippen molar-refractivity contribution < 1.29 is 9.84 Å². The van der Waals surface area contributed by atoms with E-state index in [1.807, 2.05) is 42.5 Å². The zero-order valence-corrected chi connectivity index (χ0v) is 13.6.